The number of aromatic nitrogens is 2. The van der Waals surface area contributed by atoms with E-state index in [2.05, 4.69) is 10.4 Å². The fourth-order valence-corrected chi connectivity index (χ4v) is 1.76. The summed E-state index contributed by atoms with van der Waals surface area (Å²) in [7, 11) is 0. The van der Waals surface area contributed by atoms with Crippen LogP contribution in [0.3, 0.4) is 0 Å². The molecule has 0 atom stereocenters. The van der Waals surface area contributed by atoms with E-state index in [9.17, 15) is 18.0 Å². The van der Waals surface area contributed by atoms with Crippen LogP contribution in [0.25, 0.3) is 0 Å². The average molecular weight is 298 g/mol. The minimum absolute atomic E-state index is 0.0946. The maximum Gasteiger partial charge on any atom is 0.408 e. The van der Waals surface area contributed by atoms with Gasteiger partial charge in [-0.1, -0.05) is 25.4 Å². The van der Waals surface area contributed by atoms with Crippen LogP contribution in [0.5, 0.6) is 0 Å². The summed E-state index contributed by atoms with van der Waals surface area (Å²) in [6.45, 7) is 2.46. The van der Waals surface area contributed by atoms with Crippen molar-refractivity contribution in [3.63, 3.8) is 0 Å². The predicted molar refractivity (Wildman–Crippen MR) is 67.6 cm³/mol. The van der Waals surface area contributed by atoms with Crippen LogP contribution in [0, 0.1) is 0 Å². The van der Waals surface area contributed by atoms with E-state index >= 15 is 0 Å². The van der Waals surface area contributed by atoms with Crippen molar-refractivity contribution in [1.29, 1.82) is 0 Å². The third-order valence-corrected chi connectivity index (χ3v) is 3.02. The van der Waals surface area contributed by atoms with Gasteiger partial charge in [-0.05, 0) is 12.8 Å². The third kappa shape index (κ3) is 4.41. The van der Waals surface area contributed by atoms with Crippen LogP contribution in [0.15, 0.2) is 11.0 Å². The lowest BCUT2D eigenvalue weighted by atomic mass is 10.1. The zero-order valence-corrected chi connectivity index (χ0v) is 11.3. The van der Waals surface area contributed by atoms with Gasteiger partial charge in [0.1, 0.15) is 11.6 Å². The van der Waals surface area contributed by atoms with Gasteiger partial charge in [0.05, 0.1) is 11.9 Å². The average Bonchev–Trinajstić information content (AvgIpc) is 2.33. The van der Waals surface area contributed by atoms with E-state index in [1.54, 1.807) is 0 Å². The van der Waals surface area contributed by atoms with Crippen LogP contribution in [-0.2, 0) is 6.54 Å². The van der Waals surface area contributed by atoms with Crippen LogP contribution >= 0.6 is 11.6 Å². The van der Waals surface area contributed by atoms with E-state index in [4.69, 9.17) is 11.6 Å². The number of nitrogens with zero attached hydrogens (tertiary/aromatic N) is 2. The molecule has 0 aliphatic heterocycles. The Labute approximate surface area is 113 Å². The van der Waals surface area contributed by atoms with Gasteiger partial charge in [0, 0.05) is 6.04 Å². The van der Waals surface area contributed by atoms with Crippen LogP contribution in [0.2, 0.25) is 5.02 Å². The van der Waals surface area contributed by atoms with Gasteiger partial charge in [0.25, 0.3) is 5.56 Å². The van der Waals surface area contributed by atoms with Crippen LogP contribution in [0.1, 0.15) is 26.7 Å². The lowest BCUT2D eigenvalue weighted by molar-refractivity contribution is -0.143. The minimum Gasteiger partial charge on any atom is -0.380 e. The Kier molecular flexibility index (Phi) is 5.22. The fraction of sp³-hybridized carbons (Fsp3) is 0.636. The Bertz CT molecular complexity index is 483. The second-order valence-electron chi connectivity index (χ2n) is 4.11. The number of hydrogen-bond donors (Lipinski definition) is 1. The molecule has 0 fully saturated rings. The first-order valence-electron chi connectivity index (χ1n) is 5.87. The lowest BCUT2D eigenvalue weighted by Gasteiger charge is -2.17. The summed E-state index contributed by atoms with van der Waals surface area (Å²) >= 11 is 5.78. The Hall–Kier alpha value is -1.24. The zero-order valence-electron chi connectivity index (χ0n) is 10.6. The molecule has 0 radical (unpaired) electrons. The highest BCUT2D eigenvalue weighted by Crippen LogP contribution is 2.20. The summed E-state index contributed by atoms with van der Waals surface area (Å²) < 4.78 is 36.9. The van der Waals surface area contributed by atoms with Crippen molar-refractivity contribution < 1.29 is 13.2 Å². The summed E-state index contributed by atoms with van der Waals surface area (Å²) in [4.78, 5) is 11.7. The van der Waals surface area contributed by atoms with E-state index in [-0.39, 0.29) is 16.8 Å². The van der Waals surface area contributed by atoms with Crippen molar-refractivity contribution >= 4 is 17.3 Å². The van der Waals surface area contributed by atoms with Gasteiger partial charge in [-0.25, -0.2) is 4.68 Å². The van der Waals surface area contributed by atoms with Crippen LogP contribution < -0.4 is 10.9 Å². The van der Waals surface area contributed by atoms with Crippen molar-refractivity contribution in [2.24, 2.45) is 0 Å². The molecule has 1 aromatic rings. The summed E-state index contributed by atoms with van der Waals surface area (Å²) in [5.41, 5.74) is -0.686. The molecule has 19 heavy (non-hydrogen) atoms. The molecule has 0 unspecified atom stereocenters. The molecule has 8 heteroatoms. The maximum atomic E-state index is 12.2. The largest absolute Gasteiger partial charge is 0.408 e. The second-order valence-corrected chi connectivity index (χ2v) is 4.49. The lowest BCUT2D eigenvalue weighted by Crippen LogP contribution is -2.31. The first-order chi connectivity index (χ1) is 8.78. The second kappa shape index (κ2) is 6.27. The SMILES string of the molecule is CCC(CC)Nc1cnn(CC(F)(F)F)c(=O)c1Cl. The molecule has 0 amide bonds. The van der Waals surface area contributed by atoms with Gasteiger partial charge < -0.3 is 5.32 Å². The van der Waals surface area contributed by atoms with Crippen molar-refractivity contribution in [1.82, 2.24) is 9.78 Å². The Morgan fingerprint density at radius 1 is 1.42 bits per heavy atom. The normalized spacial score (nSPS) is 11.9. The minimum atomic E-state index is -4.51. The van der Waals surface area contributed by atoms with Gasteiger partial charge in [-0.3, -0.25) is 4.79 Å². The Morgan fingerprint density at radius 2 is 2.00 bits per heavy atom. The number of rotatable bonds is 5. The topological polar surface area (TPSA) is 46.9 Å². The number of anilines is 1. The van der Waals surface area contributed by atoms with Crippen LogP contribution in [-0.4, -0.2) is 22.0 Å². The molecular weight excluding hydrogens is 283 g/mol. The molecule has 0 spiro atoms. The highest BCUT2D eigenvalue weighted by Gasteiger charge is 2.29. The van der Waals surface area contributed by atoms with Gasteiger partial charge in [0.15, 0.2) is 0 Å². The zero-order chi connectivity index (χ0) is 14.6. The summed E-state index contributed by atoms with van der Waals surface area (Å²) in [6.07, 6.45) is -1.75. The standard InChI is InChI=1S/C11H15ClF3N3O/c1-3-7(4-2)17-8-5-16-18(6-11(13,14)15)10(19)9(8)12/h5,7,17H,3-4,6H2,1-2H3. The molecule has 1 heterocycles. The number of hydrogen-bond acceptors (Lipinski definition) is 3. The quantitative estimate of drug-likeness (QED) is 0.908. The first-order valence-corrected chi connectivity index (χ1v) is 6.25. The molecule has 0 saturated heterocycles. The summed E-state index contributed by atoms with van der Waals surface area (Å²) in [5, 5.41) is 6.20. The number of nitrogens with one attached hydrogen (secondary N) is 1. The first kappa shape index (κ1) is 15.8. The molecular formula is C11H15ClF3N3O. The molecule has 0 bridgehead atoms. The summed E-state index contributed by atoms with van der Waals surface area (Å²) in [5.74, 6) is 0. The van der Waals surface area contributed by atoms with E-state index in [1.807, 2.05) is 13.8 Å². The molecule has 1 N–H and O–H groups in total. The molecule has 1 aromatic heterocycles. The molecule has 0 aromatic carbocycles. The monoisotopic (exact) mass is 297 g/mol. The van der Waals surface area contributed by atoms with E-state index in [1.165, 1.54) is 0 Å². The fourth-order valence-electron chi connectivity index (χ4n) is 1.56. The number of alkyl halides is 3. The molecule has 108 valence electrons. The molecule has 0 aliphatic rings. The molecule has 0 aliphatic carbocycles. The van der Waals surface area contributed by atoms with Gasteiger partial charge in [-0.2, -0.15) is 18.3 Å². The van der Waals surface area contributed by atoms with Gasteiger partial charge in [-0.15, -0.1) is 0 Å². The third-order valence-electron chi connectivity index (χ3n) is 2.66. The van der Waals surface area contributed by atoms with Crippen molar-refractivity contribution in [2.75, 3.05) is 5.32 Å². The smallest absolute Gasteiger partial charge is 0.380 e. The molecule has 1 rings (SSSR count). The Morgan fingerprint density at radius 3 is 2.47 bits per heavy atom. The summed E-state index contributed by atoms with van der Waals surface area (Å²) in [6, 6.07) is 0.0946. The Balaban J connectivity index is 3.01. The highest BCUT2D eigenvalue weighted by atomic mass is 35.5. The van der Waals surface area contributed by atoms with E-state index < -0.39 is 18.3 Å². The van der Waals surface area contributed by atoms with Crippen LogP contribution in [0.4, 0.5) is 18.9 Å². The van der Waals surface area contributed by atoms with Crippen molar-refractivity contribution in [3.05, 3.63) is 21.6 Å². The maximum absolute atomic E-state index is 12.2. The van der Waals surface area contributed by atoms with Gasteiger partial charge >= 0.3 is 6.18 Å². The van der Waals surface area contributed by atoms with Gasteiger partial charge in [0.2, 0.25) is 0 Å². The van der Waals surface area contributed by atoms with E-state index in [0.29, 0.717) is 4.68 Å². The molecule has 4 nitrogen and oxygen atoms in total. The van der Waals surface area contributed by atoms with E-state index in [0.717, 1.165) is 19.0 Å². The van der Waals surface area contributed by atoms with Crippen molar-refractivity contribution in [2.45, 2.75) is 45.5 Å². The molecule has 0 saturated carbocycles. The van der Waals surface area contributed by atoms with Crippen molar-refractivity contribution in [3.8, 4) is 0 Å². The highest BCUT2D eigenvalue weighted by molar-refractivity contribution is 6.32. The number of halogens is 4. The predicted octanol–water partition coefficient (Wildman–Crippen LogP) is 3.06.